The van der Waals surface area contributed by atoms with Crippen LogP contribution >= 0.6 is 0 Å². The lowest BCUT2D eigenvalue weighted by atomic mass is 10.1. The number of rotatable bonds is 3. The molecule has 1 aromatic rings. The highest BCUT2D eigenvalue weighted by Gasteiger charge is 2.35. The van der Waals surface area contributed by atoms with E-state index < -0.39 is 11.9 Å². The van der Waals surface area contributed by atoms with Crippen molar-refractivity contribution in [2.24, 2.45) is 5.92 Å². The van der Waals surface area contributed by atoms with E-state index in [4.69, 9.17) is 9.84 Å². The summed E-state index contributed by atoms with van der Waals surface area (Å²) in [7, 11) is 0. The van der Waals surface area contributed by atoms with Gasteiger partial charge in [0, 0.05) is 31.7 Å². The first kappa shape index (κ1) is 15.3. The molecule has 23 heavy (non-hydrogen) atoms. The Labute approximate surface area is 133 Å². The number of nitriles is 1. The van der Waals surface area contributed by atoms with Gasteiger partial charge in [0.1, 0.15) is 6.07 Å². The van der Waals surface area contributed by atoms with Gasteiger partial charge in [-0.2, -0.15) is 5.26 Å². The van der Waals surface area contributed by atoms with Crippen LogP contribution in [-0.4, -0.2) is 49.8 Å². The van der Waals surface area contributed by atoms with Gasteiger partial charge in [0.05, 0.1) is 30.4 Å². The molecule has 120 valence electrons. The SMILES string of the molecule is N#Cc1cc(N2C[C@H](C(=O)O)CC2=O)ccc1N1CCOCC1. The zero-order valence-corrected chi connectivity index (χ0v) is 12.6. The molecule has 0 aromatic heterocycles. The van der Waals surface area contributed by atoms with E-state index in [2.05, 4.69) is 11.0 Å². The van der Waals surface area contributed by atoms with E-state index in [1.807, 2.05) is 6.07 Å². The zero-order chi connectivity index (χ0) is 16.4. The van der Waals surface area contributed by atoms with Gasteiger partial charge in [-0.15, -0.1) is 0 Å². The molecule has 0 radical (unpaired) electrons. The van der Waals surface area contributed by atoms with E-state index in [0.717, 1.165) is 18.8 Å². The maximum absolute atomic E-state index is 12.0. The van der Waals surface area contributed by atoms with Crippen LogP contribution in [0.2, 0.25) is 0 Å². The highest BCUT2D eigenvalue weighted by atomic mass is 16.5. The Hall–Kier alpha value is -2.59. The Morgan fingerprint density at radius 1 is 1.35 bits per heavy atom. The van der Waals surface area contributed by atoms with Gasteiger partial charge in [0.25, 0.3) is 0 Å². The zero-order valence-electron chi connectivity index (χ0n) is 12.6. The number of nitrogens with zero attached hydrogens (tertiary/aromatic N) is 3. The molecule has 0 saturated carbocycles. The normalized spacial score (nSPS) is 21.3. The number of ether oxygens (including phenoxy) is 1. The number of carboxylic acid groups (broad SMARTS) is 1. The Bertz CT molecular complexity index is 676. The van der Waals surface area contributed by atoms with E-state index in [9.17, 15) is 14.9 Å². The van der Waals surface area contributed by atoms with Crippen molar-refractivity contribution in [1.82, 2.24) is 0 Å². The minimum Gasteiger partial charge on any atom is -0.481 e. The van der Waals surface area contributed by atoms with Crippen LogP contribution in [0.4, 0.5) is 11.4 Å². The van der Waals surface area contributed by atoms with Gasteiger partial charge in [-0.3, -0.25) is 9.59 Å². The van der Waals surface area contributed by atoms with Gasteiger partial charge < -0.3 is 19.6 Å². The van der Waals surface area contributed by atoms with Crippen LogP contribution in [0, 0.1) is 17.2 Å². The van der Waals surface area contributed by atoms with Crippen LogP contribution < -0.4 is 9.80 Å². The summed E-state index contributed by atoms with van der Waals surface area (Å²) in [6.45, 7) is 2.83. The number of morpholine rings is 1. The maximum Gasteiger partial charge on any atom is 0.308 e. The van der Waals surface area contributed by atoms with E-state index in [1.165, 1.54) is 4.90 Å². The first-order valence-corrected chi connectivity index (χ1v) is 7.50. The highest BCUT2D eigenvalue weighted by molar-refractivity contribution is 5.99. The summed E-state index contributed by atoms with van der Waals surface area (Å²) in [6, 6.07) is 7.42. The van der Waals surface area contributed by atoms with E-state index in [-0.39, 0.29) is 18.9 Å². The molecule has 0 spiro atoms. The quantitative estimate of drug-likeness (QED) is 0.888. The molecule has 2 aliphatic heterocycles. The number of hydrogen-bond acceptors (Lipinski definition) is 5. The number of carbonyl (C=O) groups excluding carboxylic acids is 1. The minimum absolute atomic E-state index is 0.00242. The molecule has 0 aliphatic carbocycles. The second-order valence-electron chi connectivity index (χ2n) is 5.66. The molecular weight excluding hydrogens is 298 g/mol. The van der Waals surface area contributed by atoms with Crippen LogP contribution in [0.15, 0.2) is 18.2 Å². The summed E-state index contributed by atoms with van der Waals surface area (Å²) in [4.78, 5) is 26.6. The van der Waals surface area contributed by atoms with Crippen molar-refractivity contribution in [1.29, 1.82) is 5.26 Å². The summed E-state index contributed by atoms with van der Waals surface area (Å²) in [6.07, 6.45) is 0.00242. The smallest absolute Gasteiger partial charge is 0.308 e. The monoisotopic (exact) mass is 315 g/mol. The molecule has 2 heterocycles. The molecule has 1 atom stereocenters. The molecule has 2 fully saturated rings. The fourth-order valence-corrected chi connectivity index (χ4v) is 2.98. The Balaban J connectivity index is 1.86. The van der Waals surface area contributed by atoms with Crippen LogP contribution in [-0.2, 0) is 14.3 Å². The number of anilines is 2. The summed E-state index contributed by atoms with van der Waals surface area (Å²) >= 11 is 0. The molecule has 0 unspecified atom stereocenters. The minimum atomic E-state index is -0.966. The number of hydrogen-bond donors (Lipinski definition) is 1. The largest absolute Gasteiger partial charge is 0.481 e. The van der Waals surface area contributed by atoms with Gasteiger partial charge in [-0.1, -0.05) is 0 Å². The average Bonchev–Trinajstić information content (AvgIpc) is 2.97. The van der Waals surface area contributed by atoms with Gasteiger partial charge in [0.15, 0.2) is 0 Å². The van der Waals surface area contributed by atoms with Crippen LogP contribution in [0.25, 0.3) is 0 Å². The predicted octanol–water partition coefficient (Wildman–Crippen LogP) is 0.832. The van der Waals surface area contributed by atoms with E-state index in [0.29, 0.717) is 24.5 Å². The number of amides is 1. The van der Waals surface area contributed by atoms with Gasteiger partial charge in [-0.05, 0) is 18.2 Å². The van der Waals surface area contributed by atoms with Gasteiger partial charge in [-0.25, -0.2) is 0 Å². The van der Waals surface area contributed by atoms with Crippen molar-refractivity contribution in [3.8, 4) is 6.07 Å². The van der Waals surface area contributed by atoms with Crippen molar-refractivity contribution in [2.75, 3.05) is 42.6 Å². The van der Waals surface area contributed by atoms with Crippen molar-refractivity contribution in [2.45, 2.75) is 6.42 Å². The lowest BCUT2D eigenvalue weighted by molar-refractivity contribution is -0.141. The van der Waals surface area contributed by atoms with E-state index >= 15 is 0 Å². The number of benzene rings is 1. The second kappa shape index (κ2) is 6.26. The Kier molecular flexibility index (Phi) is 4.17. The maximum atomic E-state index is 12.0. The third-order valence-electron chi connectivity index (χ3n) is 4.24. The number of carboxylic acids is 1. The van der Waals surface area contributed by atoms with Crippen molar-refractivity contribution < 1.29 is 19.4 Å². The lowest BCUT2D eigenvalue weighted by Crippen LogP contribution is -2.36. The van der Waals surface area contributed by atoms with E-state index in [1.54, 1.807) is 12.1 Å². The van der Waals surface area contributed by atoms with Gasteiger partial charge in [0.2, 0.25) is 5.91 Å². The summed E-state index contributed by atoms with van der Waals surface area (Å²) < 4.78 is 5.31. The fraction of sp³-hybridized carbons (Fsp3) is 0.438. The molecule has 1 aromatic carbocycles. The summed E-state index contributed by atoms with van der Waals surface area (Å²) in [5, 5.41) is 18.5. The first-order chi connectivity index (χ1) is 11.1. The Morgan fingerprint density at radius 3 is 2.70 bits per heavy atom. The van der Waals surface area contributed by atoms with Crippen LogP contribution in [0.1, 0.15) is 12.0 Å². The first-order valence-electron chi connectivity index (χ1n) is 7.50. The second-order valence-corrected chi connectivity index (χ2v) is 5.66. The van der Waals surface area contributed by atoms with Crippen LogP contribution in [0.5, 0.6) is 0 Å². The predicted molar refractivity (Wildman–Crippen MR) is 82.3 cm³/mol. The van der Waals surface area contributed by atoms with Crippen molar-refractivity contribution >= 4 is 23.3 Å². The topological polar surface area (TPSA) is 93.9 Å². The molecule has 1 amide bonds. The van der Waals surface area contributed by atoms with Crippen molar-refractivity contribution in [3.05, 3.63) is 23.8 Å². The molecule has 0 bridgehead atoms. The van der Waals surface area contributed by atoms with Gasteiger partial charge >= 0.3 is 5.97 Å². The molecule has 1 N–H and O–H groups in total. The molecule has 2 saturated heterocycles. The standard InChI is InChI=1S/C16H17N3O4/c17-9-11-7-13(19-10-12(16(21)22)8-15(19)20)1-2-14(11)18-3-5-23-6-4-18/h1-2,7,12H,3-6,8,10H2,(H,21,22)/t12-/m1/s1. The molecule has 3 rings (SSSR count). The third kappa shape index (κ3) is 2.98. The molecule has 7 heteroatoms. The van der Waals surface area contributed by atoms with Crippen LogP contribution in [0.3, 0.4) is 0 Å². The fourth-order valence-electron chi connectivity index (χ4n) is 2.98. The average molecular weight is 315 g/mol. The third-order valence-corrected chi connectivity index (χ3v) is 4.24. The summed E-state index contributed by atoms with van der Waals surface area (Å²) in [5.41, 5.74) is 1.88. The number of aliphatic carboxylic acids is 1. The molecule has 7 nitrogen and oxygen atoms in total. The highest BCUT2D eigenvalue weighted by Crippen LogP contribution is 2.30. The summed E-state index contributed by atoms with van der Waals surface area (Å²) in [5.74, 6) is -1.88. The number of carbonyl (C=O) groups is 2. The Morgan fingerprint density at radius 2 is 2.09 bits per heavy atom. The van der Waals surface area contributed by atoms with Crippen molar-refractivity contribution in [3.63, 3.8) is 0 Å². The lowest BCUT2D eigenvalue weighted by Gasteiger charge is -2.30. The molecular formula is C16H17N3O4. The molecule has 2 aliphatic rings.